The van der Waals surface area contributed by atoms with Crippen LogP contribution in [0.3, 0.4) is 0 Å². The lowest BCUT2D eigenvalue weighted by molar-refractivity contribution is 0.0655. The average molecular weight is 266 g/mol. The molecule has 1 rings (SSSR count). The number of aromatic nitrogens is 2. The van der Waals surface area contributed by atoms with Gasteiger partial charge in [-0.1, -0.05) is 11.3 Å². The Bertz CT molecular complexity index is 347. The fraction of sp³-hybridized carbons (Fsp3) is 0.625. The Morgan fingerprint density at radius 3 is 2.81 bits per heavy atom. The highest BCUT2D eigenvalue weighted by molar-refractivity contribution is 7.17. The van der Waals surface area contributed by atoms with Crippen LogP contribution in [0.5, 0.6) is 0 Å². The molecule has 0 bridgehead atoms. The van der Waals surface area contributed by atoms with Gasteiger partial charge in [0, 0.05) is 20.2 Å². The van der Waals surface area contributed by atoms with Crippen molar-refractivity contribution < 1.29 is 14.6 Å². The van der Waals surface area contributed by atoms with Crippen LogP contribution in [0.25, 0.3) is 0 Å². The quantitative estimate of drug-likeness (QED) is 0.799. The second-order valence-corrected chi connectivity index (χ2v) is 4.43. The number of methoxy groups -OCH3 is 1. The zero-order valence-corrected chi connectivity index (χ0v) is 10.3. The summed E-state index contributed by atoms with van der Waals surface area (Å²) < 4.78 is 5.10. The predicted molar refractivity (Wildman–Crippen MR) is 59.8 cm³/mol. The van der Waals surface area contributed by atoms with Crippen LogP contribution in [0.4, 0.5) is 0 Å². The minimum Gasteiger partial charge on any atom is -0.395 e. The van der Waals surface area contributed by atoms with Crippen molar-refractivity contribution in [2.75, 3.05) is 33.4 Å². The first-order valence-corrected chi connectivity index (χ1v) is 5.76. The van der Waals surface area contributed by atoms with E-state index in [-0.39, 0.29) is 28.5 Å². The normalized spacial score (nSPS) is 10.4. The maximum atomic E-state index is 11.9. The van der Waals surface area contributed by atoms with Gasteiger partial charge in [0.2, 0.25) is 9.47 Å². The van der Waals surface area contributed by atoms with Gasteiger partial charge in [0.1, 0.15) is 0 Å². The van der Waals surface area contributed by atoms with Gasteiger partial charge in [-0.2, -0.15) is 0 Å². The van der Waals surface area contributed by atoms with Gasteiger partial charge in [-0.05, 0) is 11.6 Å². The summed E-state index contributed by atoms with van der Waals surface area (Å²) in [5.41, 5.74) is 0. The molecule has 0 aliphatic carbocycles. The lowest BCUT2D eigenvalue weighted by atomic mass is 10.4. The molecule has 8 heteroatoms. The van der Waals surface area contributed by atoms with Crippen LogP contribution < -0.4 is 0 Å². The zero-order valence-electron chi connectivity index (χ0n) is 8.72. The molecule has 0 saturated heterocycles. The molecule has 16 heavy (non-hydrogen) atoms. The van der Waals surface area contributed by atoms with Crippen molar-refractivity contribution in [1.29, 1.82) is 0 Å². The van der Waals surface area contributed by atoms with Crippen molar-refractivity contribution in [2.24, 2.45) is 0 Å². The van der Waals surface area contributed by atoms with E-state index in [0.29, 0.717) is 13.2 Å². The molecule has 1 aromatic heterocycles. The maximum absolute atomic E-state index is 11.9. The molecule has 90 valence electrons. The van der Waals surface area contributed by atoms with Crippen molar-refractivity contribution in [3.05, 3.63) is 9.47 Å². The van der Waals surface area contributed by atoms with Crippen molar-refractivity contribution in [3.63, 3.8) is 0 Å². The van der Waals surface area contributed by atoms with Gasteiger partial charge < -0.3 is 14.7 Å². The van der Waals surface area contributed by atoms with Crippen molar-refractivity contribution in [2.45, 2.75) is 0 Å². The first kappa shape index (κ1) is 13.3. The van der Waals surface area contributed by atoms with Gasteiger partial charge in [-0.25, -0.2) is 0 Å². The first-order valence-electron chi connectivity index (χ1n) is 4.57. The molecule has 1 heterocycles. The Morgan fingerprint density at radius 2 is 2.31 bits per heavy atom. The van der Waals surface area contributed by atoms with Crippen LogP contribution in [0, 0.1) is 0 Å². The monoisotopic (exact) mass is 265 g/mol. The SMILES string of the molecule is COCCN(CCO)C(=O)c1nnc(Cl)s1. The molecule has 0 fully saturated rings. The number of rotatable bonds is 6. The summed E-state index contributed by atoms with van der Waals surface area (Å²) in [6.45, 7) is 0.923. The number of aliphatic hydroxyl groups is 1. The summed E-state index contributed by atoms with van der Waals surface area (Å²) in [6.07, 6.45) is 0. The number of amides is 1. The maximum Gasteiger partial charge on any atom is 0.285 e. The van der Waals surface area contributed by atoms with E-state index in [2.05, 4.69) is 10.2 Å². The van der Waals surface area contributed by atoms with Gasteiger partial charge in [0.05, 0.1) is 13.2 Å². The number of aliphatic hydroxyl groups excluding tert-OH is 1. The predicted octanol–water partition coefficient (Wildman–Crippen LogP) is 0.272. The molecule has 0 spiro atoms. The third kappa shape index (κ3) is 3.67. The lowest BCUT2D eigenvalue weighted by Crippen LogP contribution is -2.36. The number of nitrogens with zero attached hydrogens (tertiary/aromatic N) is 3. The summed E-state index contributed by atoms with van der Waals surface area (Å²) in [5.74, 6) is -0.296. The van der Waals surface area contributed by atoms with E-state index in [4.69, 9.17) is 21.4 Å². The third-order valence-electron chi connectivity index (χ3n) is 1.81. The smallest absolute Gasteiger partial charge is 0.285 e. The molecule has 1 N–H and O–H groups in total. The molecule has 0 aliphatic heterocycles. The van der Waals surface area contributed by atoms with Gasteiger partial charge in [0.25, 0.3) is 5.91 Å². The number of hydrogen-bond donors (Lipinski definition) is 1. The number of carbonyl (C=O) groups is 1. The summed E-state index contributed by atoms with van der Waals surface area (Å²) in [6, 6.07) is 0. The molecule has 1 amide bonds. The Kier molecular flexibility index (Phi) is 5.61. The van der Waals surface area contributed by atoms with Crippen molar-refractivity contribution >= 4 is 28.8 Å². The Labute approximate surface area is 102 Å². The van der Waals surface area contributed by atoms with E-state index in [0.717, 1.165) is 11.3 Å². The van der Waals surface area contributed by atoms with Gasteiger partial charge in [-0.15, -0.1) is 10.2 Å². The van der Waals surface area contributed by atoms with E-state index in [1.54, 1.807) is 7.11 Å². The standard InChI is InChI=1S/C8H12ClN3O3S/c1-15-5-3-12(2-4-13)7(14)6-10-11-8(9)16-6/h13H,2-5H2,1H3. The van der Waals surface area contributed by atoms with Crippen LogP contribution in [0.2, 0.25) is 4.47 Å². The average Bonchev–Trinajstić information content (AvgIpc) is 2.70. The number of carbonyl (C=O) groups excluding carboxylic acids is 1. The fourth-order valence-electron chi connectivity index (χ4n) is 1.06. The Morgan fingerprint density at radius 1 is 1.56 bits per heavy atom. The van der Waals surface area contributed by atoms with E-state index in [1.165, 1.54) is 4.90 Å². The highest BCUT2D eigenvalue weighted by atomic mass is 35.5. The summed E-state index contributed by atoms with van der Waals surface area (Å²) in [4.78, 5) is 13.3. The van der Waals surface area contributed by atoms with Crippen molar-refractivity contribution in [3.8, 4) is 0 Å². The van der Waals surface area contributed by atoms with Crippen LogP contribution in [0.1, 0.15) is 9.80 Å². The molecule has 6 nitrogen and oxygen atoms in total. The summed E-state index contributed by atoms with van der Waals surface area (Å²) >= 11 is 6.60. The van der Waals surface area contributed by atoms with Gasteiger partial charge in [-0.3, -0.25) is 4.79 Å². The molecule has 0 aliphatic rings. The molecule has 0 radical (unpaired) electrons. The Balaban J connectivity index is 2.66. The number of ether oxygens (including phenoxy) is 1. The highest BCUT2D eigenvalue weighted by Gasteiger charge is 2.19. The molecule has 0 atom stereocenters. The lowest BCUT2D eigenvalue weighted by Gasteiger charge is -2.19. The molecular formula is C8H12ClN3O3S. The fourth-order valence-corrected chi connectivity index (χ4v) is 1.86. The zero-order chi connectivity index (χ0) is 12.0. The van der Waals surface area contributed by atoms with Crippen LogP contribution in [-0.4, -0.2) is 59.5 Å². The van der Waals surface area contributed by atoms with E-state index < -0.39 is 0 Å². The third-order valence-corrected chi connectivity index (χ3v) is 2.81. The van der Waals surface area contributed by atoms with Crippen LogP contribution in [0.15, 0.2) is 0 Å². The highest BCUT2D eigenvalue weighted by Crippen LogP contribution is 2.16. The van der Waals surface area contributed by atoms with Gasteiger partial charge in [0.15, 0.2) is 0 Å². The van der Waals surface area contributed by atoms with Crippen LogP contribution in [-0.2, 0) is 4.74 Å². The summed E-state index contributed by atoms with van der Waals surface area (Å²) in [7, 11) is 1.55. The summed E-state index contributed by atoms with van der Waals surface area (Å²) in [5, 5.41) is 16.3. The molecule has 0 unspecified atom stereocenters. The Hall–Kier alpha value is -0.760. The molecule has 0 saturated carbocycles. The van der Waals surface area contributed by atoms with E-state index in [9.17, 15) is 4.79 Å². The van der Waals surface area contributed by atoms with Gasteiger partial charge >= 0.3 is 0 Å². The minimum absolute atomic E-state index is 0.109. The first-order chi connectivity index (χ1) is 7.69. The van der Waals surface area contributed by atoms with E-state index >= 15 is 0 Å². The minimum atomic E-state index is -0.296. The van der Waals surface area contributed by atoms with Crippen molar-refractivity contribution in [1.82, 2.24) is 15.1 Å². The van der Waals surface area contributed by atoms with Crippen LogP contribution >= 0.6 is 22.9 Å². The second-order valence-electron chi connectivity index (χ2n) is 2.87. The van der Waals surface area contributed by atoms with E-state index in [1.807, 2.05) is 0 Å². The largest absolute Gasteiger partial charge is 0.395 e. The molecular weight excluding hydrogens is 254 g/mol. The number of hydrogen-bond acceptors (Lipinski definition) is 6. The second kappa shape index (κ2) is 6.74. The molecule has 0 aromatic carbocycles. The topological polar surface area (TPSA) is 75.6 Å². The molecule has 1 aromatic rings. The number of halogens is 1.